The van der Waals surface area contributed by atoms with E-state index in [9.17, 15) is 39.9 Å². The van der Waals surface area contributed by atoms with Crippen LogP contribution in [0.4, 0.5) is 0 Å². The van der Waals surface area contributed by atoms with Gasteiger partial charge in [-0.15, -0.1) is 0 Å². The first kappa shape index (κ1) is 47.0. The van der Waals surface area contributed by atoms with E-state index >= 15 is 0 Å². The van der Waals surface area contributed by atoms with Crippen molar-refractivity contribution in [2.45, 2.75) is 154 Å². The highest BCUT2D eigenvalue weighted by molar-refractivity contribution is 5.89. The summed E-state index contributed by atoms with van der Waals surface area (Å²) in [7, 11) is 1.49. The molecule has 15 heteroatoms. The Kier molecular flexibility index (Phi) is 14.6. The molecule has 5 N–H and O–H groups in total. The SMILES string of the molecule is COc1ccc(C(=O)O[C@H]2[C@H](O[C@@H]3CO[C@@H](O[C@H]4C[C@H]5[C@@H]6CC=C7C[C@@H](O)CC[C@]7(C)[C@H]6CC[C@]5(C)[C@H]4[C@H](C)C(=O)CC[C@@H](C)CO)[C@H](OC(C)=O)[C@H]3O)OC[C@@H](O)[C@@H]2O)cc1. The molecule has 2 aliphatic heterocycles. The monoisotopic (exact) mass is 872 g/mol. The summed E-state index contributed by atoms with van der Waals surface area (Å²) in [5, 5.41) is 53.6. The molecule has 4 aliphatic carbocycles. The third kappa shape index (κ3) is 9.26. The van der Waals surface area contributed by atoms with Gasteiger partial charge in [0.25, 0.3) is 0 Å². The predicted octanol–water partition coefficient (Wildman–Crippen LogP) is 3.88. The van der Waals surface area contributed by atoms with Crippen LogP contribution in [0.25, 0.3) is 0 Å². The first-order chi connectivity index (χ1) is 29.5. The van der Waals surface area contributed by atoms with Crippen LogP contribution in [0.1, 0.15) is 103 Å². The van der Waals surface area contributed by atoms with E-state index < -0.39 is 73.2 Å². The number of ketones is 1. The number of ether oxygens (including phenoxy) is 7. The zero-order chi connectivity index (χ0) is 44.7. The Hall–Kier alpha value is -2.99. The van der Waals surface area contributed by atoms with E-state index in [0.717, 1.165) is 32.1 Å². The van der Waals surface area contributed by atoms with E-state index in [4.69, 9.17) is 33.2 Å². The van der Waals surface area contributed by atoms with E-state index in [1.54, 1.807) is 12.1 Å². The van der Waals surface area contributed by atoms with Crippen LogP contribution in [0.3, 0.4) is 0 Å². The van der Waals surface area contributed by atoms with Crippen molar-refractivity contribution in [1.82, 2.24) is 0 Å². The Balaban J connectivity index is 1.11. The van der Waals surface area contributed by atoms with Crippen molar-refractivity contribution in [3.63, 3.8) is 0 Å². The number of Topliss-reactive ketones (excluding diaryl/α,β-unsaturated/α-hetero) is 1. The molecule has 1 aromatic rings. The average molecular weight is 873 g/mol. The minimum atomic E-state index is -1.60. The van der Waals surface area contributed by atoms with Crippen molar-refractivity contribution in [2.75, 3.05) is 26.9 Å². The van der Waals surface area contributed by atoms with Crippen LogP contribution in [0.15, 0.2) is 35.9 Å². The number of carbonyl (C=O) groups excluding carboxylic acids is 3. The Bertz CT molecular complexity index is 1770. The van der Waals surface area contributed by atoms with Gasteiger partial charge in [0, 0.05) is 31.8 Å². The Labute approximate surface area is 364 Å². The Morgan fingerprint density at radius 1 is 0.871 bits per heavy atom. The van der Waals surface area contributed by atoms with Gasteiger partial charge in [0.1, 0.15) is 35.9 Å². The topological polar surface area (TPSA) is 217 Å². The van der Waals surface area contributed by atoms with Crippen LogP contribution in [-0.4, -0.2) is 132 Å². The average Bonchev–Trinajstić information content (AvgIpc) is 3.55. The zero-order valence-corrected chi connectivity index (χ0v) is 36.9. The van der Waals surface area contributed by atoms with Crippen LogP contribution >= 0.6 is 0 Å². The van der Waals surface area contributed by atoms with E-state index in [2.05, 4.69) is 19.9 Å². The normalized spacial score (nSPS) is 41.4. The smallest absolute Gasteiger partial charge is 0.338 e. The lowest BCUT2D eigenvalue weighted by atomic mass is 9.47. The molecule has 18 atom stereocenters. The third-order valence-corrected chi connectivity index (χ3v) is 15.7. The van der Waals surface area contributed by atoms with Crippen LogP contribution in [-0.2, 0) is 38.0 Å². The number of aliphatic hydroxyl groups excluding tert-OH is 5. The molecule has 0 aromatic heterocycles. The van der Waals surface area contributed by atoms with Gasteiger partial charge in [-0.25, -0.2) is 4.79 Å². The summed E-state index contributed by atoms with van der Waals surface area (Å²) in [5.41, 5.74) is 1.22. The zero-order valence-electron chi connectivity index (χ0n) is 36.9. The molecule has 1 aromatic carbocycles. The highest BCUT2D eigenvalue weighted by Crippen LogP contribution is 2.68. The quantitative estimate of drug-likeness (QED) is 0.132. The molecule has 7 rings (SSSR count). The van der Waals surface area contributed by atoms with Crippen molar-refractivity contribution in [2.24, 2.45) is 46.3 Å². The van der Waals surface area contributed by atoms with E-state index in [1.165, 1.54) is 31.7 Å². The predicted molar refractivity (Wildman–Crippen MR) is 221 cm³/mol. The summed E-state index contributed by atoms with van der Waals surface area (Å²) in [6.45, 7) is 9.15. The first-order valence-electron chi connectivity index (χ1n) is 22.6. The molecule has 0 radical (unpaired) electrons. The number of hydrogen-bond acceptors (Lipinski definition) is 15. The third-order valence-electron chi connectivity index (χ3n) is 15.7. The molecule has 2 saturated heterocycles. The minimum absolute atomic E-state index is 0.000513. The van der Waals surface area contributed by atoms with E-state index in [0.29, 0.717) is 43.3 Å². The number of fused-ring (bicyclic) bond motifs is 5. The van der Waals surface area contributed by atoms with Gasteiger partial charge in [0.15, 0.2) is 24.8 Å². The number of hydrogen-bond donors (Lipinski definition) is 5. The molecular weight excluding hydrogens is 805 g/mol. The molecule has 0 spiro atoms. The van der Waals surface area contributed by atoms with Gasteiger partial charge in [0.2, 0.25) is 0 Å². The van der Waals surface area contributed by atoms with Gasteiger partial charge in [-0.1, -0.05) is 39.3 Å². The molecule has 6 aliphatic rings. The summed E-state index contributed by atoms with van der Waals surface area (Å²) >= 11 is 0. The van der Waals surface area contributed by atoms with Crippen molar-refractivity contribution in [3.05, 3.63) is 41.5 Å². The number of rotatable bonds is 14. The summed E-state index contributed by atoms with van der Waals surface area (Å²) in [4.78, 5) is 39.9. The second kappa shape index (κ2) is 19.2. The molecule has 0 unspecified atom stereocenters. The number of methoxy groups -OCH3 is 1. The maximum atomic E-state index is 14.1. The summed E-state index contributed by atoms with van der Waals surface area (Å²) in [6, 6.07) is 6.10. The summed E-state index contributed by atoms with van der Waals surface area (Å²) in [5.74, 6) is -0.594. The van der Waals surface area contributed by atoms with Crippen molar-refractivity contribution in [3.8, 4) is 5.75 Å². The molecule has 62 heavy (non-hydrogen) atoms. The number of benzene rings is 1. The Morgan fingerprint density at radius 3 is 2.23 bits per heavy atom. The fourth-order valence-corrected chi connectivity index (χ4v) is 12.2. The number of aliphatic hydroxyl groups is 5. The highest BCUT2D eigenvalue weighted by Gasteiger charge is 2.63. The van der Waals surface area contributed by atoms with Crippen LogP contribution in [0, 0.1) is 46.3 Å². The van der Waals surface area contributed by atoms with Gasteiger partial charge in [0.05, 0.1) is 38.1 Å². The Morgan fingerprint density at radius 2 is 1.55 bits per heavy atom. The number of carbonyl (C=O) groups is 3. The maximum absolute atomic E-state index is 14.1. The second-order valence-corrected chi connectivity index (χ2v) is 19.5. The standard InChI is InChI=1S/C47H68O15/c1-24(21-48)7-14-34(51)25(2)38-36(20-33-31-13-10-28-19-29(50)15-17-46(28,4)32(31)16-18-47(33,38)5)60-45-42(59-26(3)49)40(54)37(23-58-45)61-44-41(39(53)35(52)22-57-44)62-43(55)27-8-11-30(56-6)12-9-27/h8-12,24-25,29,31-33,35-42,44-45,48,50,52-54H,7,13-23H2,1-6H3/t24-,25-,29+,31-,32+,33+,35-,36+,37-,38+,39+,40+,41-,42-,44+,45+,46+,47+/m1/s1. The van der Waals surface area contributed by atoms with Crippen molar-refractivity contribution >= 4 is 17.7 Å². The maximum Gasteiger partial charge on any atom is 0.338 e. The van der Waals surface area contributed by atoms with Crippen molar-refractivity contribution in [1.29, 1.82) is 0 Å². The van der Waals surface area contributed by atoms with Gasteiger partial charge >= 0.3 is 11.9 Å². The molecule has 0 bridgehead atoms. The fraction of sp³-hybridized carbons (Fsp3) is 0.766. The largest absolute Gasteiger partial charge is 0.497 e. The number of esters is 2. The van der Waals surface area contributed by atoms with Gasteiger partial charge < -0.3 is 58.7 Å². The first-order valence-corrected chi connectivity index (χ1v) is 22.6. The van der Waals surface area contributed by atoms with Crippen molar-refractivity contribution < 1.29 is 73.1 Å². The van der Waals surface area contributed by atoms with Gasteiger partial charge in [-0.3, -0.25) is 9.59 Å². The lowest BCUT2D eigenvalue weighted by molar-refractivity contribution is -0.334. The van der Waals surface area contributed by atoms with Gasteiger partial charge in [-0.2, -0.15) is 0 Å². The van der Waals surface area contributed by atoms with E-state index in [1.807, 2.05) is 13.8 Å². The second-order valence-electron chi connectivity index (χ2n) is 19.5. The van der Waals surface area contributed by atoms with Gasteiger partial charge in [-0.05, 0) is 110 Å². The van der Waals surface area contributed by atoms with Crippen LogP contribution < -0.4 is 4.74 Å². The lowest BCUT2D eigenvalue weighted by Crippen LogP contribution is -2.61. The molecule has 15 nitrogen and oxygen atoms in total. The molecular formula is C47H68O15. The lowest BCUT2D eigenvalue weighted by Gasteiger charge is -2.58. The summed E-state index contributed by atoms with van der Waals surface area (Å²) in [6.07, 6.45) is -3.08. The molecule has 346 valence electrons. The molecule has 5 fully saturated rings. The molecule has 2 heterocycles. The molecule has 3 saturated carbocycles. The minimum Gasteiger partial charge on any atom is -0.497 e. The summed E-state index contributed by atoms with van der Waals surface area (Å²) < 4.78 is 41.6. The number of allylic oxidation sites excluding steroid dienone is 1. The van der Waals surface area contributed by atoms with Crippen LogP contribution in [0.2, 0.25) is 0 Å². The molecule has 0 amide bonds. The van der Waals surface area contributed by atoms with E-state index in [-0.39, 0.29) is 65.9 Å². The van der Waals surface area contributed by atoms with Crippen LogP contribution in [0.5, 0.6) is 5.75 Å². The highest BCUT2D eigenvalue weighted by atomic mass is 16.7. The fourth-order valence-electron chi connectivity index (χ4n) is 12.2.